The number of hydrogen-bond donors (Lipinski definition) is 2. The van der Waals surface area contributed by atoms with Crippen molar-refractivity contribution in [1.29, 1.82) is 0 Å². The minimum atomic E-state index is -0.0257. The number of nitrogens with zero attached hydrogens (tertiary/aromatic N) is 2. The van der Waals surface area contributed by atoms with Gasteiger partial charge in [0.2, 0.25) is 0 Å². The number of amides is 1. The Hall–Kier alpha value is -1.89. The van der Waals surface area contributed by atoms with E-state index in [0.717, 1.165) is 39.3 Å². The SMILES string of the molecule is Cc1nn(-c2ccccc2)c2sc(C(=O)NCCCCN)cc12.Cl. The molecule has 0 spiro atoms. The molecule has 128 valence electrons. The van der Waals surface area contributed by atoms with Crippen LogP contribution in [-0.2, 0) is 0 Å². The van der Waals surface area contributed by atoms with E-state index < -0.39 is 0 Å². The van der Waals surface area contributed by atoms with Gasteiger partial charge in [-0.1, -0.05) is 18.2 Å². The van der Waals surface area contributed by atoms with Crippen LogP contribution in [0.15, 0.2) is 36.4 Å². The summed E-state index contributed by atoms with van der Waals surface area (Å²) >= 11 is 1.48. The lowest BCUT2D eigenvalue weighted by molar-refractivity contribution is 0.0957. The van der Waals surface area contributed by atoms with Crippen molar-refractivity contribution >= 4 is 39.9 Å². The van der Waals surface area contributed by atoms with Gasteiger partial charge in [0.15, 0.2) is 0 Å². The van der Waals surface area contributed by atoms with Crippen LogP contribution < -0.4 is 11.1 Å². The summed E-state index contributed by atoms with van der Waals surface area (Å²) in [5, 5.41) is 8.57. The third-order valence-electron chi connectivity index (χ3n) is 3.69. The van der Waals surface area contributed by atoms with Crippen LogP contribution in [0, 0.1) is 6.92 Å². The average Bonchev–Trinajstić information content (AvgIpc) is 3.13. The first-order valence-electron chi connectivity index (χ1n) is 7.73. The molecule has 0 unspecified atom stereocenters. The summed E-state index contributed by atoms with van der Waals surface area (Å²) in [5.74, 6) is -0.0257. The standard InChI is InChI=1S/C17H20N4OS.ClH/c1-12-14-11-15(16(22)19-10-6-5-9-18)23-17(14)21(20-12)13-7-3-2-4-8-13;/h2-4,7-8,11H,5-6,9-10,18H2,1H3,(H,19,22);1H. The summed E-state index contributed by atoms with van der Waals surface area (Å²) < 4.78 is 1.90. The van der Waals surface area contributed by atoms with Gasteiger partial charge in [-0.3, -0.25) is 4.79 Å². The highest BCUT2D eigenvalue weighted by molar-refractivity contribution is 7.20. The first-order valence-corrected chi connectivity index (χ1v) is 8.55. The van der Waals surface area contributed by atoms with Gasteiger partial charge in [-0.15, -0.1) is 23.7 Å². The molecular weight excluding hydrogens is 344 g/mol. The molecule has 0 bridgehead atoms. The highest BCUT2D eigenvalue weighted by atomic mass is 35.5. The van der Waals surface area contributed by atoms with Crippen molar-refractivity contribution in [3.63, 3.8) is 0 Å². The van der Waals surface area contributed by atoms with E-state index in [1.807, 2.05) is 48.0 Å². The molecule has 1 amide bonds. The number of nitrogens with two attached hydrogens (primary N) is 1. The number of nitrogens with one attached hydrogen (secondary N) is 1. The predicted molar refractivity (Wildman–Crippen MR) is 102 cm³/mol. The van der Waals surface area contributed by atoms with Crippen LogP contribution in [0.25, 0.3) is 15.9 Å². The molecule has 2 aromatic heterocycles. The maximum absolute atomic E-state index is 12.3. The number of rotatable bonds is 6. The van der Waals surface area contributed by atoms with Gasteiger partial charge in [0, 0.05) is 11.9 Å². The van der Waals surface area contributed by atoms with E-state index in [0.29, 0.717) is 13.1 Å². The zero-order chi connectivity index (χ0) is 16.2. The van der Waals surface area contributed by atoms with Crippen molar-refractivity contribution in [2.45, 2.75) is 19.8 Å². The van der Waals surface area contributed by atoms with Crippen molar-refractivity contribution in [3.8, 4) is 5.69 Å². The quantitative estimate of drug-likeness (QED) is 0.659. The lowest BCUT2D eigenvalue weighted by Crippen LogP contribution is -2.23. The van der Waals surface area contributed by atoms with Crippen LogP contribution in [0.4, 0.5) is 0 Å². The van der Waals surface area contributed by atoms with Crippen molar-refractivity contribution in [2.75, 3.05) is 13.1 Å². The van der Waals surface area contributed by atoms with Crippen LogP contribution in [-0.4, -0.2) is 28.8 Å². The predicted octanol–water partition coefficient (Wildman–Crippen LogP) is 3.29. The number of aromatic nitrogens is 2. The molecular formula is C17H21ClN4OS. The molecule has 24 heavy (non-hydrogen) atoms. The van der Waals surface area contributed by atoms with Gasteiger partial charge in [-0.05, 0) is 44.5 Å². The Morgan fingerprint density at radius 2 is 2.04 bits per heavy atom. The zero-order valence-corrected chi connectivity index (χ0v) is 15.1. The molecule has 7 heteroatoms. The Kier molecular flexibility index (Phi) is 6.36. The highest BCUT2D eigenvalue weighted by Gasteiger charge is 2.16. The molecule has 0 aliphatic heterocycles. The summed E-state index contributed by atoms with van der Waals surface area (Å²) in [6, 6.07) is 11.9. The van der Waals surface area contributed by atoms with E-state index in [1.165, 1.54) is 11.3 Å². The smallest absolute Gasteiger partial charge is 0.261 e. The van der Waals surface area contributed by atoms with Gasteiger partial charge in [0.05, 0.1) is 16.3 Å². The topological polar surface area (TPSA) is 72.9 Å². The molecule has 0 radical (unpaired) electrons. The number of fused-ring (bicyclic) bond motifs is 1. The molecule has 3 aromatic rings. The molecule has 3 rings (SSSR count). The molecule has 0 fully saturated rings. The third kappa shape index (κ3) is 3.77. The molecule has 0 saturated heterocycles. The number of aryl methyl sites for hydroxylation is 1. The van der Waals surface area contributed by atoms with Gasteiger partial charge in [0.25, 0.3) is 5.91 Å². The van der Waals surface area contributed by atoms with Crippen LogP contribution in [0.2, 0.25) is 0 Å². The number of benzene rings is 1. The number of halogens is 1. The van der Waals surface area contributed by atoms with Gasteiger partial charge < -0.3 is 11.1 Å². The van der Waals surface area contributed by atoms with Crippen LogP contribution >= 0.6 is 23.7 Å². The second-order valence-electron chi connectivity index (χ2n) is 5.41. The van der Waals surface area contributed by atoms with E-state index in [1.54, 1.807) is 0 Å². The summed E-state index contributed by atoms with van der Waals surface area (Å²) in [6.07, 6.45) is 1.83. The minimum Gasteiger partial charge on any atom is -0.351 e. The number of hydrogen-bond acceptors (Lipinski definition) is 4. The molecule has 2 heterocycles. The first kappa shape index (κ1) is 18.4. The Bertz CT molecular complexity index is 813. The van der Waals surface area contributed by atoms with Crippen LogP contribution in [0.1, 0.15) is 28.2 Å². The Morgan fingerprint density at radius 1 is 1.29 bits per heavy atom. The summed E-state index contributed by atoms with van der Waals surface area (Å²) in [7, 11) is 0. The normalized spacial score (nSPS) is 10.6. The number of para-hydroxylation sites is 1. The Balaban J connectivity index is 0.00000208. The van der Waals surface area contributed by atoms with Crippen molar-refractivity contribution < 1.29 is 4.79 Å². The maximum atomic E-state index is 12.3. The first-order chi connectivity index (χ1) is 11.2. The van der Waals surface area contributed by atoms with E-state index in [9.17, 15) is 4.79 Å². The van der Waals surface area contributed by atoms with E-state index in [4.69, 9.17) is 5.73 Å². The highest BCUT2D eigenvalue weighted by Crippen LogP contribution is 2.30. The number of carbonyl (C=O) groups excluding carboxylic acids is 1. The number of carbonyl (C=O) groups is 1. The Labute approximate surface area is 151 Å². The van der Waals surface area contributed by atoms with Gasteiger partial charge in [0.1, 0.15) is 4.83 Å². The van der Waals surface area contributed by atoms with Crippen LogP contribution in [0.5, 0.6) is 0 Å². The van der Waals surface area contributed by atoms with Crippen LogP contribution in [0.3, 0.4) is 0 Å². The fraction of sp³-hybridized carbons (Fsp3) is 0.294. The molecule has 0 aliphatic rings. The number of thiophene rings is 1. The van der Waals surface area contributed by atoms with Gasteiger partial charge in [-0.2, -0.15) is 5.10 Å². The van der Waals surface area contributed by atoms with E-state index >= 15 is 0 Å². The summed E-state index contributed by atoms with van der Waals surface area (Å²) in [4.78, 5) is 14.0. The maximum Gasteiger partial charge on any atom is 0.261 e. The van der Waals surface area contributed by atoms with E-state index in [2.05, 4.69) is 10.4 Å². The largest absolute Gasteiger partial charge is 0.351 e. The van der Waals surface area contributed by atoms with Crippen molar-refractivity contribution in [3.05, 3.63) is 47.0 Å². The molecule has 5 nitrogen and oxygen atoms in total. The number of unbranched alkanes of at least 4 members (excludes halogenated alkanes) is 1. The average molecular weight is 365 g/mol. The minimum absolute atomic E-state index is 0. The molecule has 0 saturated carbocycles. The monoisotopic (exact) mass is 364 g/mol. The van der Waals surface area contributed by atoms with Crippen molar-refractivity contribution in [2.24, 2.45) is 5.73 Å². The lowest BCUT2D eigenvalue weighted by Gasteiger charge is -2.03. The second kappa shape index (κ2) is 8.28. The molecule has 0 aliphatic carbocycles. The van der Waals surface area contributed by atoms with Crippen molar-refractivity contribution in [1.82, 2.24) is 15.1 Å². The summed E-state index contributed by atoms with van der Waals surface area (Å²) in [6.45, 7) is 3.29. The fourth-order valence-corrected chi connectivity index (χ4v) is 3.56. The fourth-order valence-electron chi connectivity index (χ4n) is 2.46. The third-order valence-corrected chi connectivity index (χ3v) is 4.80. The van der Waals surface area contributed by atoms with E-state index in [-0.39, 0.29) is 18.3 Å². The zero-order valence-electron chi connectivity index (χ0n) is 13.5. The van der Waals surface area contributed by atoms with Gasteiger partial charge in [-0.25, -0.2) is 4.68 Å². The molecule has 1 aromatic carbocycles. The lowest BCUT2D eigenvalue weighted by atomic mass is 10.3. The Morgan fingerprint density at radius 3 is 2.75 bits per heavy atom. The second-order valence-corrected chi connectivity index (χ2v) is 6.44. The molecule has 3 N–H and O–H groups in total. The molecule has 0 atom stereocenters. The summed E-state index contributed by atoms with van der Waals surface area (Å²) in [5.41, 5.74) is 7.40. The van der Waals surface area contributed by atoms with Gasteiger partial charge >= 0.3 is 0 Å².